The van der Waals surface area contributed by atoms with Crippen LogP contribution in [-0.4, -0.2) is 55.4 Å². The topological polar surface area (TPSA) is 52.7 Å². The van der Waals surface area contributed by atoms with Crippen LogP contribution in [0, 0.1) is 0 Å². The summed E-state index contributed by atoms with van der Waals surface area (Å²) in [6, 6.07) is 6.27. The molecule has 0 amide bonds. The van der Waals surface area contributed by atoms with Crippen LogP contribution in [0.4, 0.5) is 5.69 Å². The van der Waals surface area contributed by atoms with E-state index in [0.29, 0.717) is 19.5 Å². The number of anilines is 1. The van der Waals surface area contributed by atoms with Crippen molar-refractivity contribution in [2.24, 2.45) is 5.73 Å². The maximum atomic E-state index is 9.84. The van der Waals surface area contributed by atoms with Crippen LogP contribution in [0.15, 0.2) is 18.2 Å². The summed E-state index contributed by atoms with van der Waals surface area (Å²) in [7, 11) is 0. The molecular weight excluding hydrogens is 286 g/mol. The third kappa shape index (κ3) is 4.33. The molecule has 1 fully saturated rings. The first-order valence-electron chi connectivity index (χ1n) is 7.78. The van der Waals surface area contributed by atoms with Crippen LogP contribution in [0.3, 0.4) is 0 Å². The second-order valence-electron chi connectivity index (χ2n) is 5.62. The number of rotatable bonds is 6. The van der Waals surface area contributed by atoms with Gasteiger partial charge in [0.15, 0.2) is 0 Å². The molecule has 0 spiro atoms. The first kappa shape index (κ1) is 16.6. The number of hydrogen-bond donors (Lipinski definition) is 2. The number of nitrogens with two attached hydrogens (primary N) is 1. The lowest BCUT2D eigenvalue weighted by Crippen LogP contribution is -2.48. The molecule has 3 N–H and O–H groups in total. The van der Waals surface area contributed by atoms with Crippen molar-refractivity contribution >= 4 is 17.3 Å². The van der Waals surface area contributed by atoms with Crippen LogP contribution in [0.1, 0.15) is 18.9 Å². The summed E-state index contributed by atoms with van der Waals surface area (Å²) in [5.41, 5.74) is 7.82. The SMILES string of the molecule is CCc1cccc(N2CCN(C[C@H](O)CCN)CC2)c1Cl. The van der Waals surface area contributed by atoms with Crippen molar-refractivity contribution in [1.29, 1.82) is 0 Å². The van der Waals surface area contributed by atoms with E-state index < -0.39 is 0 Å². The number of benzene rings is 1. The fourth-order valence-electron chi connectivity index (χ4n) is 2.84. The van der Waals surface area contributed by atoms with E-state index in [0.717, 1.165) is 43.3 Å². The zero-order valence-electron chi connectivity index (χ0n) is 12.8. The average Bonchev–Trinajstić information content (AvgIpc) is 2.49. The maximum absolute atomic E-state index is 9.84. The van der Waals surface area contributed by atoms with E-state index in [4.69, 9.17) is 17.3 Å². The molecule has 118 valence electrons. The molecule has 1 saturated heterocycles. The van der Waals surface area contributed by atoms with E-state index in [1.54, 1.807) is 0 Å². The highest BCUT2D eigenvalue weighted by atomic mass is 35.5. The van der Waals surface area contributed by atoms with Crippen molar-refractivity contribution in [2.75, 3.05) is 44.2 Å². The van der Waals surface area contributed by atoms with Crippen molar-refractivity contribution in [3.63, 3.8) is 0 Å². The number of aryl methyl sites for hydroxylation is 1. The Hall–Kier alpha value is -0.810. The molecule has 0 aromatic heterocycles. The van der Waals surface area contributed by atoms with E-state index >= 15 is 0 Å². The summed E-state index contributed by atoms with van der Waals surface area (Å²) < 4.78 is 0. The molecule has 1 aliphatic rings. The lowest BCUT2D eigenvalue weighted by molar-refractivity contribution is 0.104. The highest BCUT2D eigenvalue weighted by Crippen LogP contribution is 2.30. The molecule has 21 heavy (non-hydrogen) atoms. The van der Waals surface area contributed by atoms with Gasteiger partial charge in [0.05, 0.1) is 16.8 Å². The van der Waals surface area contributed by atoms with E-state index in [1.165, 1.54) is 5.56 Å². The highest BCUT2D eigenvalue weighted by Gasteiger charge is 2.21. The second-order valence-corrected chi connectivity index (χ2v) is 6.00. The molecule has 1 aromatic carbocycles. The van der Waals surface area contributed by atoms with Gasteiger partial charge in [0.25, 0.3) is 0 Å². The van der Waals surface area contributed by atoms with Gasteiger partial charge in [-0.2, -0.15) is 0 Å². The third-order valence-corrected chi connectivity index (χ3v) is 4.56. The Kier molecular flexibility index (Phi) is 6.30. The van der Waals surface area contributed by atoms with E-state index in [2.05, 4.69) is 34.9 Å². The first-order valence-corrected chi connectivity index (χ1v) is 8.16. The Bertz CT molecular complexity index is 447. The van der Waals surface area contributed by atoms with Crippen molar-refractivity contribution in [2.45, 2.75) is 25.9 Å². The predicted octanol–water partition coefficient (Wildman–Crippen LogP) is 1.73. The average molecular weight is 312 g/mol. The van der Waals surface area contributed by atoms with Crippen molar-refractivity contribution in [1.82, 2.24) is 4.90 Å². The Labute approximate surface area is 132 Å². The number of hydrogen-bond acceptors (Lipinski definition) is 4. The van der Waals surface area contributed by atoms with Crippen molar-refractivity contribution in [3.8, 4) is 0 Å². The smallest absolute Gasteiger partial charge is 0.0679 e. The minimum atomic E-state index is -0.312. The molecule has 1 heterocycles. The molecule has 1 aromatic rings. The predicted molar refractivity (Wildman–Crippen MR) is 89.2 cm³/mol. The van der Waals surface area contributed by atoms with Crippen LogP contribution < -0.4 is 10.6 Å². The molecule has 2 rings (SSSR count). The quantitative estimate of drug-likeness (QED) is 0.840. The van der Waals surface area contributed by atoms with E-state index in [9.17, 15) is 5.11 Å². The van der Waals surface area contributed by atoms with E-state index in [1.807, 2.05) is 0 Å². The van der Waals surface area contributed by atoms with Crippen molar-refractivity contribution in [3.05, 3.63) is 28.8 Å². The molecule has 0 aliphatic carbocycles. The zero-order valence-corrected chi connectivity index (χ0v) is 13.5. The number of β-amino-alcohol motifs (C(OH)–C–C–N with tert-alkyl or cyclic N) is 1. The molecule has 0 bridgehead atoms. The Balaban J connectivity index is 1.92. The van der Waals surface area contributed by atoms with Gasteiger partial charge in [-0.3, -0.25) is 4.90 Å². The Morgan fingerprint density at radius 1 is 1.29 bits per heavy atom. The van der Waals surface area contributed by atoms with E-state index in [-0.39, 0.29) is 6.10 Å². The Morgan fingerprint density at radius 2 is 2.00 bits per heavy atom. The second kappa shape index (κ2) is 7.99. The molecule has 0 radical (unpaired) electrons. The monoisotopic (exact) mass is 311 g/mol. The normalized spacial score (nSPS) is 18.0. The first-order chi connectivity index (χ1) is 10.2. The molecule has 5 heteroatoms. The number of aliphatic hydroxyl groups is 1. The number of halogens is 1. The lowest BCUT2D eigenvalue weighted by atomic mass is 10.1. The van der Waals surface area contributed by atoms with Crippen LogP contribution in [0.2, 0.25) is 5.02 Å². The van der Waals surface area contributed by atoms with Gasteiger partial charge in [0.2, 0.25) is 0 Å². The van der Waals surface area contributed by atoms with Gasteiger partial charge in [-0.05, 0) is 31.0 Å². The summed E-state index contributed by atoms with van der Waals surface area (Å²) >= 11 is 6.50. The fourth-order valence-corrected chi connectivity index (χ4v) is 3.22. The summed E-state index contributed by atoms with van der Waals surface area (Å²) in [5.74, 6) is 0. The molecule has 1 aliphatic heterocycles. The summed E-state index contributed by atoms with van der Waals surface area (Å²) in [6.07, 6.45) is 1.32. The number of piperazine rings is 1. The molecular formula is C16H26ClN3O. The van der Waals surface area contributed by atoms with Gasteiger partial charge >= 0.3 is 0 Å². The van der Waals surface area contributed by atoms with Gasteiger partial charge in [-0.1, -0.05) is 30.7 Å². The maximum Gasteiger partial charge on any atom is 0.0679 e. The molecule has 4 nitrogen and oxygen atoms in total. The summed E-state index contributed by atoms with van der Waals surface area (Å²) in [5, 5.41) is 10.7. The van der Waals surface area contributed by atoms with Gasteiger partial charge < -0.3 is 15.7 Å². The largest absolute Gasteiger partial charge is 0.392 e. The van der Waals surface area contributed by atoms with Gasteiger partial charge in [-0.15, -0.1) is 0 Å². The highest BCUT2D eigenvalue weighted by molar-refractivity contribution is 6.34. The standard InChI is InChI=1S/C16H26ClN3O/c1-2-13-4-3-5-15(16(13)17)20-10-8-19(9-11-20)12-14(21)6-7-18/h3-5,14,21H,2,6-12,18H2,1H3/t14-/m1/s1. The summed E-state index contributed by atoms with van der Waals surface area (Å²) in [4.78, 5) is 4.64. The third-order valence-electron chi connectivity index (χ3n) is 4.12. The number of aliphatic hydroxyl groups excluding tert-OH is 1. The zero-order chi connectivity index (χ0) is 15.2. The number of nitrogens with zero attached hydrogens (tertiary/aromatic N) is 2. The van der Waals surface area contributed by atoms with Crippen LogP contribution in [0.5, 0.6) is 0 Å². The van der Waals surface area contributed by atoms with Gasteiger partial charge in [0, 0.05) is 32.7 Å². The molecule has 0 saturated carbocycles. The van der Waals surface area contributed by atoms with Crippen LogP contribution >= 0.6 is 11.6 Å². The minimum absolute atomic E-state index is 0.312. The van der Waals surface area contributed by atoms with Gasteiger partial charge in [-0.25, -0.2) is 0 Å². The van der Waals surface area contributed by atoms with Gasteiger partial charge in [0.1, 0.15) is 0 Å². The fraction of sp³-hybridized carbons (Fsp3) is 0.625. The minimum Gasteiger partial charge on any atom is -0.392 e. The van der Waals surface area contributed by atoms with Crippen molar-refractivity contribution < 1.29 is 5.11 Å². The molecule has 0 unspecified atom stereocenters. The Morgan fingerprint density at radius 3 is 2.62 bits per heavy atom. The summed E-state index contributed by atoms with van der Waals surface area (Å²) in [6.45, 7) is 7.18. The van der Waals surface area contributed by atoms with Crippen LogP contribution in [0.25, 0.3) is 0 Å². The lowest BCUT2D eigenvalue weighted by Gasteiger charge is -2.37. The van der Waals surface area contributed by atoms with Crippen LogP contribution in [-0.2, 0) is 6.42 Å². The molecule has 1 atom stereocenters.